The molecular weight excluding hydrogens is 463 g/mol. The van der Waals surface area contributed by atoms with Crippen LogP contribution in [-0.4, -0.2) is 18.4 Å². The first-order chi connectivity index (χ1) is 12.5. The highest BCUT2D eigenvalue weighted by molar-refractivity contribution is 14.1. The van der Waals surface area contributed by atoms with Crippen LogP contribution in [-0.2, 0) is 4.79 Å². The summed E-state index contributed by atoms with van der Waals surface area (Å²) in [6, 6.07) is 14.2. The Morgan fingerprint density at radius 2 is 1.73 bits per heavy atom. The van der Waals surface area contributed by atoms with Gasteiger partial charge in [0, 0.05) is 20.7 Å². The van der Waals surface area contributed by atoms with E-state index in [2.05, 4.69) is 40.1 Å². The zero-order valence-corrected chi connectivity index (χ0v) is 17.3. The molecule has 0 aliphatic heterocycles. The van der Waals surface area contributed by atoms with Gasteiger partial charge < -0.3 is 10.6 Å². The summed E-state index contributed by atoms with van der Waals surface area (Å²) < 4.78 is 1.04. The van der Waals surface area contributed by atoms with E-state index in [0.29, 0.717) is 17.1 Å². The minimum atomic E-state index is -0.327. The highest BCUT2D eigenvalue weighted by Crippen LogP contribution is 2.13. The molecule has 0 atom stereocenters. The van der Waals surface area contributed by atoms with Crippen molar-refractivity contribution in [2.75, 3.05) is 6.54 Å². The first-order valence-corrected chi connectivity index (χ1v) is 9.77. The van der Waals surface area contributed by atoms with Crippen LogP contribution in [0.5, 0.6) is 0 Å². The highest BCUT2D eigenvalue weighted by atomic mass is 127. The molecule has 0 unspecified atom stereocenters. The monoisotopic (exact) mass is 482 g/mol. The largest absolute Gasteiger partial charge is 0.351 e. The molecular formula is C20H20ClIN2O2. The molecule has 0 aliphatic rings. The number of benzene rings is 2. The van der Waals surface area contributed by atoms with Gasteiger partial charge in [0.15, 0.2) is 0 Å². The predicted octanol–water partition coefficient (Wildman–Crippen LogP) is 4.63. The van der Waals surface area contributed by atoms with Crippen molar-refractivity contribution < 1.29 is 9.59 Å². The Bertz CT molecular complexity index is 786. The molecule has 0 spiro atoms. The third-order valence-corrected chi connectivity index (χ3v) is 4.57. The third kappa shape index (κ3) is 6.46. The number of nitrogens with one attached hydrogen (secondary N) is 2. The standard InChI is InChI=1S/C20H20ClIN2O2/c1-2-3-12-23-20(26)18(13-14-4-8-16(21)9-5-14)24-19(25)15-6-10-17(22)11-7-15/h4-11,13H,2-3,12H2,1H3,(H,23,26)(H,24,25). The van der Waals surface area contributed by atoms with E-state index < -0.39 is 0 Å². The van der Waals surface area contributed by atoms with E-state index >= 15 is 0 Å². The summed E-state index contributed by atoms with van der Waals surface area (Å²) in [6.45, 7) is 2.61. The van der Waals surface area contributed by atoms with Gasteiger partial charge in [-0.25, -0.2) is 0 Å². The molecule has 2 aromatic carbocycles. The Balaban J connectivity index is 2.21. The summed E-state index contributed by atoms with van der Waals surface area (Å²) in [4.78, 5) is 25.0. The topological polar surface area (TPSA) is 58.2 Å². The summed E-state index contributed by atoms with van der Waals surface area (Å²) in [5, 5.41) is 6.16. The van der Waals surface area contributed by atoms with Gasteiger partial charge in [-0.3, -0.25) is 9.59 Å². The van der Waals surface area contributed by atoms with Crippen LogP contribution in [0.2, 0.25) is 5.02 Å². The maximum absolute atomic E-state index is 12.5. The van der Waals surface area contributed by atoms with Gasteiger partial charge in [0.1, 0.15) is 5.70 Å². The molecule has 0 heterocycles. The smallest absolute Gasteiger partial charge is 0.267 e. The quantitative estimate of drug-likeness (QED) is 0.343. The molecule has 0 saturated carbocycles. The lowest BCUT2D eigenvalue weighted by Gasteiger charge is -2.11. The van der Waals surface area contributed by atoms with Crippen LogP contribution in [0.15, 0.2) is 54.2 Å². The predicted molar refractivity (Wildman–Crippen MR) is 114 cm³/mol. The Morgan fingerprint density at radius 1 is 1.08 bits per heavy atom. The molecule has 6 heteroatoms. The van der Waals surface area contributed by atoms with E-state index in [1.54, 1.807) is 42.5 Å². The molecule has 0 saturated heterocycles. The van der Waals surface area contributed by atoms with Crippen molar-refractivity contribution in [2.45, 2.75) is 19.8 Å². The zero-order valence-electron chi connectivity index (χ0n) is 14.4. The second-order valence-electron chi connectivity index (χ2n) is 5.68. The van der Waals surface area contributed by atoms with Crippen molar-refractivity contribution in [2.24, 2.45) is 0 Å². The Kier molecular flexibility index (Phi) is 8.12. The van der Waals surface area contributed by atoms with E-state index in [9.17, 15) is 9.59 Å². The fourth-order valence-electron chi connectivity index (χ4n) is 2.15. The second-order valence-corrected chi connectivity index (χ2v) is 7.36. The fraction of sp³-hybridized carbons (Fsp3) is 0.200. The first kappa shape index (κ1) is 20.5. The van der Waals surface area contributed by atoms with Gasteiger partial charge in [0.25, 0.3) is 11.8 Å². The number of carbonyl (C=O) groups excluding carboxylic acids is 2. The Morgan fingerprint density at radius 3 is 2.35 bits per heavy atom. The van der Waals surface area contributed by atoms with Crippen LogP contribution in [0.25, 0.3) is 6.08 Å². The average Bonchev–Trinajstić information content (AvgIpc) is 2.63. The summed E-state index contributed by atoms with van der Waals surface area (Å²) in [5.41, 5.74) is 1.47. The van der Waals surface area contributed by atoms with Gasteiger partial charge >= 0.3 is 0 Å². The lowest BCUT2D eigenvalue weighted by Crippen LogP contribution is -2.35. The van der Waals surface area contributed by atoms with Crippen molar-refractivity contribution in [3.05, 3.63) is 73.9 Å². The van der Waals surface area contributed by atoms with Crippen molar-refractivity contribution in [3.8, 4) is 0 Å². The summed E-state index contributed by atoms with van der Waals surface area (Å²) in [5.74, 6) is -0.639. The van der Waals surface area contributed by atoms with Crippen LogP contribution in [0.4, 0.5) is 0 Å². The molecule has 2 N–H and O–H groups in total. The molecule has 26 heavy (non-hydrogen) atoms. The van der Waals surface area contributed by atoms with E-state index in [4.69, 9.17) is 11.6 Å². The maximum Gasteiger partial charge on any atom is 0.267 e. The van der Waals surface area contributed by atoms with Crippen molar-refractivity contribution in [3.63, 3.8) is 0 Å². The lowest BCUT2D eigenvalue weighted by atomic mass is 10.1. The number of carbonyl (C=O) groups is 2. The van der Waals surface area contributed by atoms with Crippen molar-refractivity contribution in [1.29, 1.82) is 0 Å². The third-order valence-electron chi connectivity index (χ3n) is 3.60. The van der Waals surface area contributed by atoms with Crippen LogP contribution in [0, 0.1) is 3.57 Å². The fourth-order valence-corrected chi connectivity index (χ4v) is 2.64. The molecule has 0 radical (unpaired) electrons. The molecule has 4 nitrogen and oxygen atoms in total. The normalized spacial score (nSPS) is 11.1. The van der Waals surface area contributed by atoms with Gasteiger partial charge in [-0.05, 0) is 77.0 Å². The van der Waals surface area contributed by atoms with Gasteiger partial charge in [-0.2, -0.15) is 0 Å². The summed E-state index contributed by atoms with van der Waals surface area (Å²) in [7, 11) is 0. The second kappa shape index (κ2) is 10.3. The van der Waals surface area contributed by atoms with Gasteiger partial charge in [0.2, 0.25) is 0 Å². The SMILES string of the molecule is CCCCNC(=O)C(=Cc1ccc(Cl)cc1)NC(=O)c1ccc(I)cc1. The summed E-state index contributed by atoms with van der Waals surface area (Å²) >= 11 is 8.08. The number of unbranched alkanes of at least 4 members (excludes halogenated alkanes) is 1. The molecule has 0 aliphatic carbocycles. The van der Waals surface area contributed by atoms with Gasteiger partial charge in [0.05, 0.1) is 0 Å². The minimum Gasteiger partial charge on any atom is -0.351 e. The summed E-state index contributed by atoms with van der Waals surface area (Å²) in [6.07, 6.45) is 3.50. The van der Waals surface area contributed by atoms with Crippen LogP contribution < -0.4 is 10.6 Å². The Labute approximate surface area is 172 Å². The van der Waals surface area contributed by atoms with Crippen molar-refractivity contribution >= 4 is 52.1 Å². The van der Waals surface area contributed by atoms with Crippen LogP contribution in [0.3, 0.4) is 0 Å². The molecule has 2 aromatic rings. The highest BCUT2D eigenvalue weighted by Gasteiger charge is 2.14. The lowest BCUT2D eigenvalue weighted by molar-refractivity contribution is -0.117. The van der Waals surface area contributed by atoms with Gasteiger partial charge in [-0.15, -0.1) is 0 Å². The van der Waals surface area contributed by atoms with Crippen LogP contribution >= 0.6 is 34.2 Å². The number of halogens is 2. The number of hydrogen-bond acceptors (Lipinski definition) is 2. The molecule has 2 amide bonds. The first-order valence-electron chi connectivity index (χ1n) is 8.32. The van der Waals surface area contributed by atoms with E-state index in [1.165, 1.54) is 0 Å². The molecule has 136 valence electrons. The zero-order chi connectivity index (χ0) is 18.9. The van der Waals surface area contributed by atoms with E-state index in [1.807, 2.05) is 12.1 Å². The molecule has 0 aromatic heterocycles. The number of hydrogen-bond donors (Lipinski definition) is 2. The maximum atomic E-state index is 12.5. The van der Waals surface area contributed by atoms with Crippen LogP contribution in [0.1, 0.15) is 35.7 Å². The molecule has 0 bridgehead atoms. The average molecular weight is 483 g/mol. The Hall–Kier alpha value is -1.86. The van der Waals surface area contributed by atoms with E-state index in [-0.39, 0.29) is 17.5 Å². The van der Waals surface area contributed by atoms with Gasteiger partial charge in [-0.1, -0.05) is 37.1 Å². The van der Waals surface area contributed by atoms with Crippen molar-refractivity contribution in [1.82, 2.24) is 10.6 Å². The number of amides is 2. The molecule has 0 fully saturated rings. The van der Waals surface area contributed by atoms with E-state index in [0.717, 1.165) is 22.0 Å². The minimum absolute atomic E-state index is 0.201. The molecule has 2 rings (SSSR count). The number of rotatable bonds is 7.